The summed E-state index contributed by atoms with van der Waals surface area (Å²) in [5.74, 6) is 2.66. The molecule has 0 spiro atoms. The van der Waals surface area contributed by atoms with E-state index in [1.54, 1.807) is 6.20 Å². The number of fused-ring (bicyclic) bond motifs is 1. The highest BCUT2D eigenvalue weighted by Gasteiger charge is 2.31. The van der Waals surface area contributed by atoms with E-state index in [0.29, 0.717) is 0 Å². The Balaban J connectivity index is 1.54. The van der Waals surface area contributed by atoms with E-state index in [1.807, 2.05) is 18.2 Å². The van der Waals surface area contributed by atoms with E-state index in [4.69, 9.17) is 9.47 Å². The number of carbonyl (C=O) groups is 1. The Labute approximate surface area is 140 Å². The molecule has 1 fully saturated rings. The van der Waals surface area contributed by atoms with E-state index in [1.165, 1.54) is 0 Å². The maximum absolute atomic E-state index is 12.1. The van der Waals surface area contributed by atoms with Crippen molar-refractivity contribution in [1.82, 2.24) is 15.3 Å². The highest BCUT2D eigenvalue weighted by Crippen LogP contribution is 2.36. The van der Waals surface area contributed by atoms with E-state index in [0.717, 1.165) is 54.3 Å². The number of nitrogens with zero attached hydrogens (tertiary/aromatic N) is 1. The van der Waals surface area contributed by atoms with Crippen LogP contribution >= 0.6 is 0 Å². The van der Waals surface area contributed by atoms with Gasteiger partial charge in [-0.3, -0.25) is 4.79 Å². The number of hydrogen-bond acceptors (Lipinski definition) is 4. The average Bonchev–Trinajstić information content (AvgIpc) is 3.15. The van der Waals surface area contributed by atoms with Crippen LogP contribution in [0.1, 0.15) is 44.5 Å². The lowest BCUT2D eigenvalue weighted by atomic mass is 10.1. The number of carbonyl (C=O) groups excluding carboxylic acids is 1. The summed E-state index contributed by atoms with van der Waals surface area (Å²) in [7, 11) is 0. The number of nitrogens with one attached hydrogen (secondary N) is 2. The summed E-state index contributed by atoms with van der Waals surface area (Å²) in [4.78, 5) is 19.9. The number of amides is 1. The third-order valence-corrected chi connectivity index (χ3v) is 4.45. The zero-order valence-electron chi connectivity index (χ0n) is 13.7. The molecule has 6 heteroatoms. The van der Waals surface area contributed by atoms with Crippen LogP contribution in [-0.2, 0) is 4.79 Å². The summed E-state index contributed by atoms with van der Waals surface area (Å²) in [6.45, 7) is 2.37. The zero-order chi connectivity index (χ0) is 16.5. The number of benzene rings is 1. The van der Waals surface area contributed by atoms with Gasteiger partial charge in [-0.1, -0.05) is 13.3 Å². The van der Waals surface area contributed by atoms with Gasteiger partial charge in [0.1, 0.15) is 5.82 Å². The molecule has 1 atom stereocenters. The molecule has 2 heterocycles. The van der Waals surface area contributed by atoms with E-state index >= 15 is 0 Å². The van der Waals surface area contributed by atoms with Crippen LogP contribution in [-0.4, -0.2) is 22.7 Å². The second-order valence-corrected chi connectivity index (χ2v) is 6.37. The van der Waals surface area contributed by atoms with E-state index in [9.17, 15) is 4.79 Å². The molecule has 1 amide bonds. The normalized spacial score (nSPS) is 16.9. The smallest absolute Gasteiger partial charge is 0.231 e. The van der Waals surface area contributed by atoms with Gasteiger partial charge < -0.3 is 19.8 Å². The van der Waals surface area contributed by atoms with Gasteiger partial charge in [0.25, 0.3) is 0 Å². The van der Waals surface area contributed by atoms with Crippen LogP contribution < -0.4 is 14.8 Å². The molecule has 2 N–H and O–H groups in total. The Bertz CT molecular complexity index is 752. The first-order valence-corrected chi connectivity index (χ1v) is 8.50. The Morgan fingerprint density at radius 3 is 3.00 bits per heavy atom. The first-order valence-electron chi connectivity index (χ1n) is 8.50. The summed E-state index contributed by atoms with van der Waals surface area (Å²) in [6, 6.07) is 5.75. The molecule has 126 valence electrons. The summed E-state index contributed by atoms with van der Waals surface area (Å²) in [5.41, 5.74) is 1.90. The molecule has 1 aromatic heterocycles. The van der Waals surface area contributed by atoms with Crippen LogP contribution in [0.5, 0.6) is 11.5 Å². The van der Waals surface area contributed by atoms with Gasteiger partial charge in [0.05, 0.1) is 17.9 Å². The summed E-state index contributed by atoms with van der Waals surface area (Å²) < 4.78 is 10.8. The summed E-state index contributed by atoms with van der Waals surface area (Å²) in [6.07, 6.45) is 5.66. The van der Waals surface area contributed by atoms with Crippen molar-refractivity contribution in [3.63, 3.8) is 0 Å². The van der Waals surface area contributed by atoms with Crippen molar-refractivity contribution < 1.29 is 14.3 Å². The number of ether oxygens (including phenoxy) is 2. The second-order valence-electron chi connectivity index (χ2n) is 6.37. The largest absolute Gasteiger partial charge is 0.454 e. The lowest BCUT2D eigenvalue weighted by molar-refractivity contribution is -0.123. The Hall–Kier alpha value is -2.50. The van der Waals surface area contributed by atoms with E-state index in [2.05, 4.69) is 22.2 Å². The van der Waals surface area contributed by atoms with Gasteiger partial charge in [0.15, 0.2) is 11.5 Å². The first kappa shape index (κ1) is 15.1. The standard InChI is InChI=1S/C18H21N3O3/c1-2-3-13(21-18(22)11-4-5-11)17-19-9-14(20-17)12-6-7-15-16(8-12)24-10-23-15/h6-9,11,13H,2-5,10H2,1H3,(H,19,20)(H,21,22)/t13-/m1/s1. The van der Waals surface area contributed by atoms with Gasteiger partial charge in [-0.25, -0.2) is 4.98 Å². The van der Waals surface area contributed by atoms with Crippen molar-refractivity contribution in [2.24, 2.45) is 5.92 Å². The van der Waals surface area contributed by atoms with Gasteiger partial charge in [-0.2, -0.15) is 0 Å². The quantitative estimate of drug-likeness (QED) is 0.854. The number of rotatable bonds is 6. The maximum Gasteiger partial charge on any atom is 0.231 e. The number of H-pyrrole nitrogens is 1. The molecule has 24 heavy (non-hydrogen) atoms. The van der Waals surface area contributed by atoms with Crippen molar-refractivity contribution in [3.05, 3.63) is 30.2 Å². The molecule has 1 aliphatic heterocycles. The van der Waals surface area contributed by atoms with Gasteiger partial charge in [0, 0.05) is 11.5 Å². The van der Waals surface area contributed by atoms with Crippen LogP contribution in [0.4, 0.5) is 0 Å². The average molecular weight is 327 g/mol. The molecule has 4 rings (SSSR count). The molecular formula is C18H21N3O3. The molecule has 2 aromatic rings. The van der Waals surface area contributed by atoms with Crippen molar-refractivity contribution in [3.8, 4) is 22.8 Å². The zero-order valence-corrected chi connectivity index (χ0v) is 13.7. The molecule has 0 radical (unpaired) electrons. The lowest BCUT2D eigenvalue weighted by Gasteiger charge is -2.15. The lowest BCUT2D eigenvalue weighted by Crippen LogP contribution is -2.30. The van der Waals surface area contributed by atoms with Crippen LogP contribution in [0.25, 0.3) is 11.3 Å². The van der Waals surface area contributed by atoms with Gasteiger partial charge >= 0.3 is 0 Å². The highest BCUT2D eigenvalue weighted by atomic mass is 16.7. The van der Waals surface area contributed by atoms with Gasteiger partial charge in [-0.05, 0) is 37.5 Å². The fraction of sp³-hybridized carbons (Fsp3) is 0.444. The Kier molecular flexibility index (Phi) is 3.88. The predicted molar refractivity (Wildman–Crippen MR) is 88.7 cm³/mol. The number of aromatic nitrogens is 2. The molecule has 1 saturated carbocycles. The monoisotopic (exact) mass is 327 g/mol. The van der Waals surface area contributed by atoms with Crippen molar-refractivity contribution in [2.45, 2.75) is 38.6 Å². The topological polar surface area (TPSA) is 76.2 Å². The van der Waals surface area contributed by atoms with Crippen LogP contribution in [0.15, 0.2) is 24.4 Å². The van der Waals surface area contributed by atoms with Crippen molar-refractivity contribution in [2.75, 3.05) is 6.79 Å². The SMILES string of the molecule is CCC[C@@H](NC(=O)C1CC1)c1ncc(-c2ccc3c(c2)OCO3)[nH]1. The fourth-order valence-electron chi connectivity index (χ4n) is 2.93. The maximum atomic E-state index is 12.1. The van der Waals surface area contributed by atoms with E-state index < -0.39 is 0 Å². The molecule has 0 bridgehead atoms. The molecule has 2 aliphatic rings. The molecule has 6 nitrogen and oxygen atoms in total. The van der Waals surface area contributed by atoms with Gasteiger partial charge in [0.2, 0.25) is 12.7 Å². The van der Waals surface area contributed by atoms with Crippen LogP contribution in [0.2, 0.25) is 0 Å². The Morgan fingerprint density at radius 1 is 1.38 bits per heavy atom. The number of aromatic amines is 1. The summed E-state index contributed by atoms with van der Waals surface area (Å²) >= 11 is 0. The molecule has 1 aliphatic carbocycles. The minimum atomic E-state index is -0.0640. The third-order valence-electron chi connectivity index (χ3n) is 4.45. The second kappa shape index (κ2) is 6.19. The molecule has 0 saturated heterocycles. The highest BCUT2D eigenvalue weighted by molar-refractivity contribution is 5.81. The molecule has 0 unspecified atom stereocenters. The first-order chi connectivity index (χ1) is 11.7. The van der Waals surface area contributed by atoms with E-state index in [-0.39, 0.29) is 24.7 Å². The summed E-state index contributed by atoms with van der Waals surface area (Å²) in [5, 5.41) is 3.13. The van der Waals surface area contributed by atoms with Crippen LogP contribution in [0.3, 0.4) is 0 Å². The number of hydrogen-bond donors (Lipinski definition) is 2. The Morgan fingerprint density at radius 2 is 2.21 bits per heavy atom. The van der Waals surface area contributed by atoms with Crippen molar-refractivity contribution >= 4 is 5.91 Å². The fourth-order valence-corrected chi connectivity index (χ4v) is 2.93. The van der Waals surface area contributed by atoms with Crippen LogP contribution in [0, 0.1) is 5.92 Å². The third kappa shape index (κ3) is 2.96. The molecule has 1 aromatic carbocycles. The van der Waals surface area contributed by atoms with Gasteiger partial charge in [-0.15, -0.1) is 0 Å². The minimum Gasteiger partial charge on any atom is -0.454 e. The molecular weight excluding hydrogens is 306 g/mol. The van der Waals surface area contributed by atoms with Crippen molar-refractivity contribution in [1.29, 1.82) is 0 Å². The number of imidazole rings is 1. The minimum absolute atomic E-state index is 0.0640. The predicted octanol–water partition coefficient (Wildman–Crippen LogP) is 3.17.